The van der Waals surface area contributed by atoms with E-state index in [0.717, 1.165) is 18.4 Å². The molecule has 5 nitrogen and oxygen atoms in total. The van der Waals surface area contributed by atoms with E-state index in [4.69, 9.17) is 4.42 Å². The predicted molar refractivity (Wildman–Crippen MR) is 108 cm³/mol. The van der Waals surface area contributed by atoms with Crippen LogP contribution < -0.4 is 5.63 Å². The molecule has 1 aromatic carbocycles. The van der Waals surface area contributed by atoms with Crippen molar-refractivity contribution in [3.8, 4) is 5.75 Å². The summed E-state index contributed by atoms with van der Waals surface area (Å²) in [5.74, 6) is -1.26. The average Bonchev–Trinajstić information content (AvgIpc) is 3.54. The van der Waals surface area contributed by atoms with Gasteiger partial charge in [-0.2, -0.15) is 0 Å². The predicted octanol–water partition coefficient (Wildman–Crippen LogP) is 4.71. The number of hydrogen-bond donors (Lipinski definition) is 1. The third-order valence-corrected chi connectivity index (χ3v) is 6.20. The van der Waals surface area contributed by atoms with Crippen molar-refractivity contribution >= 4 is 11.6 Å². The molecule has 2 unspecified atom stereocenters. The molecular weight excluding hydrogens is 368 g/mol. The summed E-state index contributed by atoms with van der Waals surface area (Å²) in [6.45, 7) is 1.76. The van der Waals surface area contributed by atoms with Gasteiger partial charge in [0.2, 0.25) is 0 Å². The maximum Gasteiger partial charge on any atom is 0.343 e. The van der Waals surface area contributed by atoms with E-state index in [-0.39, 0.29) is 52.5 Å². The highest BCUT2D eigenvalue weighted by Crippen LogP contribution is 2.49. The highest BCUT2D eigenvalue weighted by atomic mass is 16.4. The highest BCUT2D eigenvalue weighted by molar-refractivity contribution is 6.01. The lowest BCUT2D eigenvalue weighted by Crippen LogP contribution is -2.24. The first kappa shape index (κ1) is 19.6. The van der Waals surface area contributed by atoms with Gasteiger partial charge in [0, 0.05) is 18.8 Å². The fourth-order valence-corrected chi connectivity index (χ4v) is 4.55. The first-order valence-electron chi connectivity index (χ1n) is 10.5. The number of Topliss-reactive ketones (excluding diaryl/α,β-unsaturated/α-hetero) is 2. The van der Waals surface area contributed by atoms with E-state index >= 15 is 0 Å². The molecule has 1 N–H and O–H groups in total. The minimum absolute atomic E-state index is 0.0488. The summed E-state index contributed by atoms with van der Waals surface area (Å²) in [5.41, 5.74) is 0.503. The Hall–Kier alpha value is -2.69. The summed E-state index contributed by atoms with van der Waals surface area (Å²) in [4.78, 5) is 38.5. The molecule has 2 aliphatic carbocycles. The number of fused-ring (bicyclic) bond motifs is 1. The number of aromatic hydroxyl groups is 1. The SMILES string of the molecule is CCC(=O)C1CCCCC(=O)c2c1oc(=O)c(C(c1ccccc1)C1CC1)c2O. The maximum atomic E-state index is 13.1. The van der Waals surface area contributed by atoms with Crippen molar-refractivity contribution in [2.45, 2.75) is 63.7 Å². The van der Waals surface area contributed by atoms with E-state index in [1.807, 2.05) is 30.3 Å². The zero-order valence-corrected chi connectivity index (χ0v) is 16.6. The highest BCUT2D eigenvalue weighted by Gasteiger charge is 2.40. The molecule has 5 heteroatoms. The zero-order valence-electron chi connectivity index (χ0n) is 16.6. The Labute approximate surface area is 169 Å². The number of ketones is 2. The molecule has 152 valence electrons. The number of carbonyl (C=O) groups is 2. The molecule has 0 spiro atoms. The van der Waals surface area contributed by atoms with Crippen molar-refractivity contribution in [1.82, 2.24) is 0 Å². The molecule has 2 aliphatic rings. The van der Waals surface area contributed by atoms with Gasteiger partial charge in [0.15, 0.2) is 5.78 Å². The molecule has 4 rings (SSSR count). The molecule has 0 saturated heterocycles. The Morgan fingerprint density at radius 3 is 2.52 bits per heavy atom. The van der Waals surface area contributed by atoms with Gasteiger partial charge >= 0.3 is 5.63 Å². The lowest BCUT2D eigenvalue weighted by Gasteiger charge is -2.24. The van der Waals surface area contributed by atoms with Crippen LogP contribution in [-0.2, 0) is 4.79 Å². The summed E-state index contributed by atoms with van der Waals surface area (Å²) in [5, 5.41) is 11.2. The van der Waals surface area contributed by atoms with E-state index in [2.05, 4.69) is 0 Å². The van der Waals surface area contributed by atoms with Crippen molar-refractivity contribution in [2.24, 2.45) is 5.92 Å². The second-order valence-electron chi connectivity index (χ2n) is 8.16. The van der Waals surface area contributed by atoms with Crippen LogP contribution in [0.2, 0.25) is 0 Å². The summed E-state index contributed by atoms with van der Waals surface area (Å²) in [6, 6.07) is 9.57. The van der Waals surface area contributed by atoms with Gasteiger partial charge in [-0.05, 0) is 37.2 Å². The van der Waals surface area contributed by atoms with Crippen LogP contribution in [0.5, 0.6) is 5.75 Å². The molecular formula is C24H26O5. The van der Waals surface area contributed by atoms with Gasteiger partial charge in [-0.25, -0.2) is 4.79 Å². The van der Waals surface area contributed by atoms with E-state index in [1.165, 1.54) is 0 Å². The molecule has 1 heterocycles. The second kappa shape index (κ2) is 7.97. The number of benzene rings is 1. The first-order valence-corrected chi connectivity index (χ1v) is 10.5. The van der Waals surface area contributed by atoms with E-state index in [0.29, 0.717) is 25.7 Å². The number of carbonyl (C=O) groups excluding carboxylic acids is 2. The Kier molecular flexibility index (Phi) is 5.39. The van der Waals surface area contributed by atoms with Gasteiger partial charge in [-0.3, -0.25) is 9.59 Å². The van der Waals surface area contributed by atoms with Crippen molar-refractivity contribution in [1.29, 1.82) is 0 Å². The Bertz CT molecular complexity index is 984. The lowest BCUT2D eigenvalue weighted by atomic mass is 9.82. The lowest BCUT2D eigenvalue weighted by molar-refractivity contribution is -0.120. The summed E-state index contributed by atoms with van der Waals surface area (Å²) >= 11 is 0. The van der Waals surface area contributed by atoms with Crippen molar-refractivity contribution < 1.29 is 19.1 Å². The third-order valence-electron chi connectivity index (χ3n) is 6.20. The van der Waals surface area contributed by atoms with E-state index < -0.39 is 11.5 Å². The quantitative estimate of drug-likeness (QED) is 0.794. The van der Waals surface area contributed by atoms with Gasteiger partial charge in [-0.1, -0.05) is 43.7 Å². The van der Waals surface area contributed by atoms with Crippen LogP contribution in [0.25, 0.3) is 0 Å². The van der Waals surface area contributed by atoms with Crippen LogP contribution in [0, 0.1) is 5.92 Å². The third kappa shape index (κ3) is 3.66. The molecule has 0 radical (unpaired) electrons. The van der Waals surface area contributed by atoms with Gasteiger partial charge in [-0.15, -0.1) is 0 Å². The van der Waals surface area contributed by atoms with Crippen molar-refractivity contribution in [3.05, 3.63) is 63.2 Å². The molecule has 0 aliphatic heterocycles. The number of hydrogen-bond acceptors (Lipinski definition) is 5. The van der Waals surface area contributed by atoms with Gasteiger partial charge < -0.3 is 9.52 Å². The van der Waals surface area contributed by atoms with Gasteiger partial charge in [0.25, 0.3) is 0 Å². The topological polar surface area (TPSA) is 84.6 Å². The molecule has 2 aromatic rings. The van der Waals surface area contributed by atoms with Crippen LogP contribution in [0.15, 0.2) is 39.5 Å². The van der Waals surface area contributed by atoms with Crippen molar-refractivity contribution in [2.75, 3.05) is 0 Å². The Morgan fingerprint density at radius 2 is 1.86 bits per heavy atom. The standard InChI is InChI=1S/C24H26O5/c1-2-17(25)16-10-6-7-11-18(26)20-22(27)21(24(28)29-23(16)20)19(15-12-13-15)14-8-4-3-5-9-14/h3-5,8-9,15-16,19,27H,2,6-7,10-13H2,1H3. The summed E-state index contributed by atoms with van der Waals surface area (Å²) in [6.07, 6.45) is 4.38. The summed E-state index contributed by atoms with van der Waals surface area (Å²) in [7, 11) is 0. The largest absolute Gasteiger partial charge is 0.506 e. The minimum Gasteiger partial charge on any atom is -0.506 e. The molecule has 1 fully saturated rings. The second-order valence-corrected chi connectivity index (χ2v) is 8.16. The average molecular weight is 394 g/mol. The van der Waals surface area contributed by atoms with Crippen LogP contribution in [-0.4, -0.2) is 16.7 Å². The Balaban J connectivity index is 1.93. The van der Waals surface area contributed by atoms with Gasteiger partial charge in [0.1, 0.15) is 17.3 Å². The number of rotatable bonds is 5. The molecule has 0 amide bonds. The molecule has 1 saturated carbocycles. The first-order chi connectivity index (χ1) is 14.0. The molecule has 0 bridgehead atoms. The Morgan fingerprint density at radius 1 is 1.14 bits per heavy atom. The molecule has 29 heavy (non-hydrogen) atoms. The zero-order chi connectivity index (χ0) is 20.5. The van der Waals surface area contributed by atoms with Gasteiger partial charge in [0.05, 0.1) is 17.0 Å². The van der Waals surface area contributed by atoms with E-state index in [1.54, 1.807) is 6.92 Å². The monoisotopic (exact) mass is 394 g/mol. The van der Waals surface area contributed by atoms with Crippen LogP contribution in [0.1, 0.15) is 91.0 Å². The van der Waals surface area contributed by atoms with Crippen LogP contribution in [0.4, 0.5) is 0 Å². The maximum absolute atomic E-state index is 13.1. The molecule has 1 aromatic heterocycles. The normalized spacial score (nSPS) is 20.4. The smallest absolute Gasteiger partial charge is 0.343 e. The summed E-state index contributed by atoms with van der Waals surface area (Å²) < 4.78 is 5.68. The molecule has 2 atom stereocenters. The minimum atomic E-state index is -0.650. The fraction of sp³-hybridized carbons (Fsp3) is 0.458. The van der Waals surface area contributed by atoms with E-state index in [9.17, 15) is 19.5 Å². The van der Waals surface area contributed by atoms with Crippen LogP contribution >= 0.6 is 0 Å². The fourth-order valence-electron chi connectivity index (χ4n) is 4.55. The van der Waals surface area contributed by atoms with Crippen molar-refractivity contribution in [3.63, 3.8) is 0 Å². The van der Waals surface area contributed by atoms with Crippen LogP contribution in [0.3, 0.4) is 0 Å².